The van der Waals surface area contributed by atoms with Gasteiger partial charge in [0, 0.05) is 48.8 Å². The van der Waals surface area contributed by atoms with Crippen LogP contribution in [0.15, 0.2) is 108 Å². The molecule has 282 valence electrons. The van der Waals surface area contributed by atoms with Gasteiger partial charge < -0.3 is 45.3 Å². The Morgan fingerprint density at radius 2 is 1.76 bits per heavy atom. The number of nitrogens with one attached hydrogen (secondary N) is 3. The number of piperidine rings is 1. The highest BCUT2D eigenvalue weighted by atomic mass is 16.6. The van der Waals surface area contributed by atoms with Gasteiger partial charge in [0.1, 0.15) is 17.6 Å². The number of H-pyrrole nitrogens is 1. The van der Waals surface area contributed by atoms with Gasteiger partial charge in [0.25, 0.3) is 5.91 Å². The zero-order valence-electron chi connectivity index (χ0n) is 30.2. The van der Waals surface area contributed by atoms with Crippen molar-refractivity contribution in [3.8, 4) is 11.5 Å². The molecule has 1 fully saturated rings. The lowest BCUT2D eigenvalue weighted by molar-refractivity contribution is -0.170. The van der Waals surface area contributed by atoms with Crippen LogP contribution >= 0.6 is 0 Å². The quantitative estimate of drug-likeness (QED) is 0.0679. The summed E-state index contributed by atoms with van der Waals surface area (Å²) in [5.41, 5.74) is 0.659. The molecular weight excluding hydrogens is 688 g/mol. The largest absolute Gasteiger partial charge is 0.506 e. The number of aliphatic hydroxyl groups is 2. The van der Waals surface area contributed by atoms with Crippen LogP contribution in [0.1, 0.15) is 58.0 Å². The number of amides is 1. The summed E-state index contributed by atoms with van der Waals surface area (Å²) in [6.07, 6.45) is 0.981. The number of likely N-dealkylation sites (tertiary alicyclic amines) is 1. The van der Waals surface area contributed by atoms with Gasteiger partial charge in [-0.2, -0.15) is 0 Å². The number of aromatic amines is 1. The second-order valence-electron chi connectivity index (χ2n) is 13.6. The molecule has 5 aromatic rings. The Hall–Kier alpha value is -5.53. The maximum atomic E-state index is 13.6. The Morgan fingerprint density at radius 3 is 2.54 bits per heavy atom. The topological polar surface area (TPSA) is 173 Å². The molecule has 0 saturated carbocycles. The molecule has 54 heavy (non-hydrogen) atoms. The van der Waals surface area contributed by atoms with E-state index >= 15 is 0 Å². The summed E-state index contributed by atoms with van der Waals surface area (Å²) < 4.78 is 11.8. The van der Waals surface area contributed by atoms with Crippen molar-refractivity contribution < 1.29 is 34.4 Å². The van der Waals surface area contributed by atoms with E-state index in [1.165, 1.54) is 12.1 Å². The van der Waals surface area contributed by atoms with E-state index in [1.54, 1.807) is 72.8 Å². The first-order valence-electron chi connectivity index (χ1n) is 18.1. The summed E-state index contributed by atoms with van der Waals surface area (Å²) in [6.45, 7) is 2.89. The van der Waals surface area contributed by atoms with Gasteiger partial charge in [-0.15, -0.1) is 0 Å². The zero-order chi connectivity index (χ0) is 38.1. The third kappa shape index (κ3) is 9.15. The Kier molecular flexibility index (Phi) is 12.4. The molecule has 1 amide bonds. The first kappa shape index (κ1) is 38.2. The Bertz CT molecular complexity index is 2110. The summed E-state index contributed by atoms with van der Waals surface area (Å²) in [6, 6.07) is 28.7. The number of benzene rings is 4. The second kappa shape index (κ2) is 17.5. The van der Waals surface area contributed by atoms with E-state index < -0.39 is 17.7 Å². The first-order chi connectivity index (χ1) is 26.1. The number of aromatic nitrogens is 1. The predicted octanol–water partition coefficient (Wildman–Crippen LogP) is 4.13. The van der Waals surface area contributed by atoms with Crippen molar-refractivity contribution in [2.45, 2.75) is 43.6 Å². The molecule has 1 aliphatic heterocycles. The van der Waals surface area contributed by atoms with E-state index in [0.717, 1.165) is 24.9 Å². The fourth-order valence-electron chi connectivity index (χ4n) is 6.70. The third-order valence-electron chi connectivity index (χ3n) is 9.62. The van der Waals surface area contributed by atoms with Crippen LogP contribution < -0.4 is 20.9 Å². The van der Waals surface area contributed by atoms with E-state index in [-0.39, 0.29) is 35.4 Å². The normalized spacial score (nSPS) is 16.3. The number of likely N-dealkylation sites (N-methyl/N-ethyl adjacent to an activating group) is 1. The number of pyridine rings is 1. The number of carbonyl (C=O) groups excluding carboxylic acids is 2. The molecule has 12 nitrogen and oxygen atoms in total. The number of hydrogen-bond donors (Lipinski definition) is 6. The zero-order valence-corrected chi connectivity index (χ0v) is 30.2. The smallest absolute Gasteiger partial charge is 0.348 e. The lowest BCUT2D eigenvalue weighted by atomic mass is 9.86. The number of phenolic OH excluding ortho intramolecular Hbond substituents is 1. The second-order valence-corrected chi connectivity index (χ2v) is 13.6. The average molecular weight is 735 g/mol. The van der Waals surface area contributed by atoms with Crippen LogP contribution in [0.3, 0.4) is 0 Å². The Morgan fingerprint density at radius 1 is 0.981 bits per heavy atom. The van der Waals surface area contributed by atoms with E-state index in [9.17, 15) is 29.7 Å². The van der Waals surface area contributed by atoms with Crippen molar-refractivity contribution in [2.24, 2.45) is 0 Å². The molecule has 1 aliphatic rings. The molecule has 0 unspecified atom stereocenters. The van der Waals surface area contributed by atoms with Crippen LogP contribution in [0.25, 0.3) is 10.9 Å². The number of ether oxygens (including phenoxy) is 2. The number of phenols is 1. The van der Waals surface area contributed by atoms with E-state index in [0.29, 0.717) is 66.1 Å². The number of esters is 1. The number of hydrogen-bond acceptors (Lipinski definition) is 10. The van der Waals surface area contributed by atoms with Gasteiger partial charge >= 0.3 is 5.97 Å². The van der Waals surface area contributed by atoms with Gasteiger partial charge in [-0.3, -0.25) is 9.59 Å². The standard InChI is InChI=1S/C42H46N4O8/c1-46-22-6-12-33(27-46)54-41(51)42(52,30-8-3-2-4-9-30)31-10-5-11-32(24-31)53-23-7-21-44-40(50)29-15-13-28(14-16-29)25-43-26-37(48)34-17-19-36(47)39-35(34)18-20-38(49)45-39/h2-5,8-11,13-20,24,33,37,43,47-48,52H,6-7,12,21-23,25-27H2,1H3,(H,44,50)(H,45,49)/t33-,37-,42-/m0/s1. The van der Waals surface area contributed by atoms with Gasteiger partial charge in [-0.05, 0) is 85.9 Å². The van der Waals surface area contributed by atoms with Crippen LogP contribution in [0.2, 0.25) is 0 Å². The van der Waals surface area contributed by atoms with Gasteiger partial charge in [0.2, 0.25) is 11.2 Å². The molecule has 12 heteroatoms. The van der Waals surface area contributed by atoms with Crippen LogP contribution in [0, 0.1) is 0 Å². The molecule has 6 rings (SSSR count). The maximum absolute atomic E-state index is 13.6. The number of rotatable bonds is 15. The van der Waals surface area contributed by atoms with Gasteiger partial charge in [0.05, 0.1) is 18.2 Å². The Labute approximate surface area is 313 Å². The fraction of sp³-hybridized carbons (Fsp3) is 0.310. The van der Waals surface area contributed by atoms with Gasteiger partial charge in [0.15, 0.2) is 0 Å². The average Bonchev–Trinajstić information content (AvgIpc) is 3.18. The van der Waals surface area contributed by atoms with Crippen LogP contribution in [-0.2, 0) is 21.7 Å². The van der Waals surface area contributed by atoms with Crippen LogP contribution in [0.5, 0.6) is 11.5 Å². The first-order valence-corrected chi connectivity index (χ1v) is 18.1. The molecule has 0 radical (unpaired) electrons. The summed E-state index contributed by atoms with van der Waals surface area (Å²) in [7, 11) is 1.99. The number of aromatic hydroxyl groups is 1. The molecule has 6 N–H and O–H groups in total. The van der Waals surface area contributed by atoms with E-state index in [2.05, 4.69) is 20.5 Å². The van der Waals surface area contributed by atoms with Gasteiger partial charge in [-0.1, -0.05) is 60.7 Å². The molecule has 2 heterocycles. The lowest BCUT2D eigenvalue weighted by Crippen LogP contribution is -2.44. The van der Waals surface area contributed by atoms with Crippen molar-refractivity contribution in [3.05, 3.63) is 141 Å². The lowest BCUT2D eigenvalue weighted by Gasteiger charge is -2.33. The van der Waals surface area contributed by atoms with Crippen molar-refractivity contribution in [3.63, 3.8) is 0 Å². The molecule has 4 aromatic carbocycles. The van der Waals surface area contributed by atoms with Crippen LogP contribution in [0.4, 0.5) is 0 Å². The minimum Gasteiger partial charge on any atom is -0.506 e. The SMILES string of the molecule is CN1CCC[C@H](OC(=O)[C@](O)(c2ccccc2)c2cccc(OCCCNC(=O)c3ccc(CNC[C@H](O)c4ccc(O)c5[nH]c(=O)ccc45)cc3)c2)C1. The van der Waals surface area contributed by atoms with Crippen molar-refractivity contribution >= 4 is 22.8 Å². The summed E-state index contributed by atoms with van der Waals surface area (Å²) in [5, 5.41) is 39.5. The Balaban J connectivity index is 0.966. The summed E-state index contributed by atoms with van der Waals surface area (Å²) in [4.78, 5) is 42.8. The monoisotopic (exact) mass is 734 g/mol. The number of nitrogens with zero attached hydrogens (tertiary/aromatic N) is 1. The number of fused-ring (bicyclic) bond motifs is 1. The molecule has 1 aromatic heterocycles. The minimum atomic E-state index is -2.02. The van der Waals surface area contributed by atoms with E-state index in [4.69, 9.17) is 9.47 Å². The fourth-order valence-corrected chi connectivity index (χ4v) is 6.70. The van der Waals surface area contributed by atoms with Crippen molar-refractivity contribution in [1.82, 2.24) is 20.5 Å². The van der Waals surface area contributed by atoms with Gasteiger partial charge in [-0.25, -0.2) is 4.79 Å². The van der Waals surface area contributed by atoms with Crippen LogP contribution in [-0.4, -0.2) is 83.0 Å². The van der Waals surface area contributed by atoms with Crippen molar-refractivity contribution in [1.29, 1.82) is 0 Å². The third-order valence-corrected chi connectivity index (χ3v) is 9.62. The van der Waals surface area contributed by atoms with Crippen molar-refractivity contribution in [2.75, 3.05) is 39.8 Å². The molecule has 0 aliphatic carbocycles. The minimum absolute atomic E-state index is 0.0663. The number of carbonyl (C=O) groups is 2. The molecule has 0 spiro atoms. The summed E-state index contributed by atoms with van der Waals surface area (Å²) in [5.74, 6) is -0.539. The highest BCUT2D eigenvalue weighted by Crippen LogP contribution is 2.34. The number of aliphatic hydroxyl groups excluding tert-OH is 1. The highest BCUT2D eigenvalue weighted by Gasteiger charge is 2.43. The molecule has 1 saturated heterocycles. The summed E-state index contributed by atoms with van der Waals surface area (Å²) >= 11 is 0. The maximum Gasteiger partial charge on any atom is 0.348 e. The molecular formula is C42H46N4O8. The predicted molar refractivity (Wildman–Crippen MR) is 204 cm³/mol. The highest BCUT2D eigenvalue weighted by molar-refractivity contribution is 5.94. The molecule has 0 bridgehead atoms. The van der Waals surface area contributed by atoms with E-state index in [1.807, 2.05) is 25.2 Å². The molecule has 3 atom stereocenters.